The summed E-state index contributed by atoms with van der Waals surface area (Å²) in [6.07, 6.45) is 1.25. The summed E-state index contributed by atoms with van der Waals surface area (Å²) >= 11 is 3.32. The minimum Gasteiger partial charge on any atom is -0.493 e. The highest BCUT2D eigenvalue weighted by molar-refractivity contribution is 9.10. The van der Waals surface area contributed by atoms with E-state index in [4.69, 9.17) is 9.84 Å². The molecule has 1 rings (SSSR count). The number of carboxylic acids is 1. The standard InChI is InChI=1S/C14H18BrNO4/c1-2-4-12(14(18)19)16-13(17)7-8-20-11-6-3-5-10(15)9-11/h3,5-6,9,12H,2,4,7-8H2,1H3,(H,16,17)(H,18,19)/t12-/m1/s1. The molecule has 1 aromatic carbocycles. The number of nitrogens with one attached hydrogen (secondary N) is 1. The van der Waals surface area contributed by atoms with E-state index in [1.807, 2.05) is 19.1 Å². The summed E-state index contributed by atoms with van der Waals surface area (Å²) in [6, 6.07) is 6.48. The Morgan fingerprint density at radius 2 is 2.20 bits per heavy atom. The predicted molar refractivity (Wildman–Crippen MR) is 78.7 cm³/mol. The molecule has 1 aromatic rings. The number of hydrogen-bond donors (Lipinski definition) is 2. The van der Waals surface area contributed by atoms with Crippen molar-refractivity contribution in [2.45, 2.75) is 32.2 Å². The highest BCUT2D eigenvalue weighted by atomic mass is 79.9. The number of hydrogen-bond acceptors (Lipinski definition) is 3. The Morgan fingerprint density at radius 3 is 2.80 bits per heavy atom. The molecule has 0 fully saturated rings. The quantitative estimate of drug-likeness (QED) is 0.760. The average Bonchev–Trinajstić information content (AvgIpc) is 2.38. The first kappa shape index (κ1) is 16.5. The highest BCUT2D eigenvalue weighted by Gasteiger charge is 2.18. The zero-order valence-corrected chi connectivity index (χ0v) is 12.9. The zero-order chi connectivity index (χ0) is 15.0. The predicted octanol–water partition coefficient (Wildman–Crippen LogP) is 2.59. The van der Waals surface area contributed by atoms with E-state index in [0.717, 1.165) is 4.47 Å². The summed E-state index contributed by atoms with van der Waals surface area (Å²) in [4.78, 5) is 22.5. The van der Waals surface area contributed by atoms with Crippen molar-refractivity contribution >= 4 is 27.8 Å². The number of halogens is 1. The first-order valence-electron chi connectivity index (χ1n) is 6.43. The summed E-state index contributed by atoms with van der Waals surface area (Å²) in [7, 11) is 0. The maximum Gasteiger partial charge on any atom is 0.326 e. The molecule has 0 aliphatic carbocycles. The van der Waals surface area contributed by atoms with E-state index in [1.54, 1.807) is 12.1 Å². The molecular formula is C14H18BrNO4. The van der Waals surface area contributed by atoms with Gasteiger partial charge in [0.2, 0.25) is 5.91 Å². The topological polar surface area (TPSA) is 75.6 Å². The second-order valence-corrected chi connectivity index (χ2v) is 5.22. The largest absolute Gasteiger partial charge is 0.493 e. The van der Waals surface area contributed by atoms with Crippen LogP contribution in [0.4, 0.5) is 0 Å². The lowest BCUT2D eigenvalue weighted by Gasteiger charge is -2.13. The van der Waals surface area contributed by atoms with Crippen LogP contribution in [0.15, 0.2) is 28.7 Å². The third kappa shape index (κ3) is 6.06. The molecule has 5 nitrogen and oxygen atoms in total. The third-order valence-electron chi connectivity index (χ3n) is 2.60. The van der Waals surface area contributed by atoms with Crippen molar-refractivity contribution in [1.82, 2.24) is 5.32 Å². The van der Waals surface area contributed by atoms with E-state index in [-0.39, 0.29) is 18.9 Å². The van der Waals surface area contributed by atoms with E-state index < -0.39 is 12.0 Å². The zero-order valence-electron chi connectivity index (χ0n) is 11.3. The lowest BCUT2D eigenvalue weighted by molar-refractivity contribution is -0.142. The van der Waals surface area contributed by atoms with Crippen LogP contribution in [0.2, 0.25) is 0 Å². The SMILES string of the molecule is CCC[C@@H](NC(=O)CCOc1cccc(Br)c1)C(=O)O. The van der Waals surface area contributed by atoms with Gasteiger partial charge in [-0.05, 0) is 24.6 Å². The second-order valence-electron chi connectivity index (χ2n) is 4.30. The minimum atomic E-state index is -1.01. The first-order chi connectivity index (χ1) is 9.52. The van der Waals surface area contributed by atoms with Gasteiger partial charge >= 0.3 is 5.97 Å². The Balaban J connectivity index is 2.34. The molecule has 0 spiro atoms. The van der Waals surface area contributed by atoms with Gasteiger partial charge in [-0.2, -0.15) is 0 Å². The number of rotatable bonds is 8. The van der Waals surface area contributed by atoms with Crippen LogP contribution in [0.5, 0.6) is 5.75 Å². The molecule has 0 aliphatic heterocycles. The van der Waals surface area contributed by atoms with E-state index in [0.29, 0.717) is 18.6 Å². The Morgan fingerprint density at radius 1 is 1.45 bits per heavy atom. The van der Waals surface area contributed by atoms with Gasteiger partial charge in [0.05, 0.1) is 13.0 Å². The van der Waals surface area contributed by atoms with Crippen LogP contribution in [-0.4, -0.2) is 29.6 Å². The van der Waals surface area contributed by atoms with Gasteiger partial charge in [-0.25, -0.2) is 4.79 Å². The molecule has 110 valence electrons. The monoisotopic (exact) mass is 343 g/mol. The Labute approximate surface area is 126 Å². The second kappa shape index (κ2) is 8.58. The Kier molecular flexibility index (Phi) is 7.08. The average molecular weight is 344 g/mol. The van der Waals surface area contributed by atoms with Crippen LogP contribution < -0.4 is 10.1 Å². The van der Waals surface area contributed by atoms with Crippen LogP contribution in [0.1, 0.15) is 26.2 Å². The molecule has 1 atom stereocenters. The maximum atomic E-state index is 11.6. The van der Waals surface area contributed by atoms with Crippen LogP contribution in [-0.2, 0) is 9.59 Å². The van der Waals surface area contributed by atoms with Gasteiger partial charge in [-0.1, -0.05) is 35.3 Å². The number of aliphatic carboxylic acids is 1. The van der Waals surface area contributed by atoms with Crippen molar-refractivity contribution < 1.29 is 19.4 Å². The summed E-state index contributed by atoms with van der Waals surface area (Å²) in [5, 5.41) is 11.4. The van der Waals surface area contributed by atoms with Crippen molar-refractivity contribution in [3.63, 3.8) is 0 Å². The number of carbonyl (C=O) groups is 2. The normalized spacial score (nSPS) is 11.7. The Bertz CT molecular complexity index is 464. The fraction of sp³-hybridized carbons (Fsp3) is 0.429. The van der Waals surface area contributed by atoms with Crippen molar-refractivity contribution in [1.29, 1.82) is 0 Å². The van der Waals surface area contributed by atoms with Gasteiger partial charge in [0, 0.05) is 4.47 Å². The van der Waals surface area contributed by atoms with Crippen molar-refractivity contribution in [2.24, 2.45) is 0 Å². The van der Waals surface area contributed by atoms with E-state index in [2.05, 4.69) is 21.2 Å². The molecule has 0 aliphatic rings. The van der Waals surface area contributed by atoms with Gasteiger partial charge in [-0.3, -0.25) is 4.79 Å². The number of ether oxygens (including phenoxy) is 1. The number of carbonyl (C=O) groups excluding carboxylic acids is 1. The van der Waals surface area contributed by atoms with Crippen molar-refractivity contribution in [3.8, 4) is 5.75 Å². The molecule has 20 heavy (non-hydrogen) atoms. The molecular weight excluding hydrogens is 326 g/mol. The highest BCUT2D eigenvalue weighted by Crippen LogP contribution is 2.17. The fourth-order valence-corrected chi connectivity index (χ4v) is 2.01. The van der Waals surface area contributed by atoms with Gasteiger partial charge in [-0.15, -0.1) is 0 Å². The van der Waals surface area contributed by atoms with Gasteiger partial charge in [0.1, 0.15) is 11.8 Å². The summed E-state index contributed by atoms with van der Waals surface area (Å²) in [5.74, 6) is -0.663. The fourth-order valence-electron chi connectivity index (χ4n) is 1.63. The van der Waals surface area contributed by atoms with Crippen LogP contribution in [0.3, 0.4) is 0 Å². The number of carboxylic acid groups (broad SMARTS) is 1. The molecule has 0 saturated heterocycles. The van der Waals surface area contributed by atoms with Crippen LogP contribution >= 0.6 is 15.9 Å². The lowest BCUT2D eigenvalue weighted by Crippen LogP contribution is -2.41. The number of amides is 1. The molecule has 2 N–H and O–H groups in total. The van der Waals surface area contributed by atoms with Gasteiger partial charge in [0.15, 0.2) is 0 Å². The summed E-state index contributed by atoms with van der Waals surface area (Å²) in [6.45, 7) is 2.08. The lowest BCUT2D eigenvalue weighted by atomic mass is 10.1. The molecule has 0 saturated carbocycles. The van der Waals surface area contributed by atoms with Gasteiger partial charge in [0.25, 0.3) is 0 Å². The van der Waals surface area contributed by atoms with Crippen molar-refractivity contribution in [3.05, 3.63) is 28.7 Å². The molecule has 1 amide bonds. The Hall–Kier alpha value is -1.56. The molecule has 0 radical (unpaired) electrons. The first-order valence-corrected chi connectivity index (χ1v) is 7.22. The maximum absolute atomic E-state index is 11.6. The van der Waals surface area contributed by atoms with Crippen molar-refractivity contribution in [2.75, 3.05) is 6.61 Å². The van der Waals surface area contributed by atoms with Gasteiger partial charge < -0.3 is 15.2 Å². The molecule has 6 heteroatoms. The summed E-state index contributed by atoms with van der Waals surface area (Å²) < 4.78 is 6.32. The molecule has 0 heterocycles. The van der Waals surface area contributed by atoms with Crippen LogP contribution in [0.25, 0.3) is 0 Å². The van der Waals surface area contributed by atoms with E-state index in [9.17, 15) is 9.59 Å². The smallest absolute Gasteiger partial charge is 0.326 e. The molecule has 0 bridgehead atoms. The van der Waals surface area contributed by atoms with E-state index in [1.165, 1.54) is 0 Å². The third-order valence-corrected chi connectivity index (χ3v) is 3.10. The minimum absolute atomic E-state index is 0.125. The summed E-state index contributed by atoms with van der Waals surface area (Å²) in [5.41, 5.74) is 0. The van der Waals surface area contributed by atoms with Crippen LogP contribution in [0, 0.1) is 0 Å². The van der Waals surface area contributed by atoms with E-state index >= 15 is 0 Å². The number of benzene rings is 1. The molecule has 0 unspecified atom stereocenters. The molecule has 0 aromatic heterocycles.